The minimum Gasteiger partial charge on any atom is -0.0616 e. The molecule has 7 rings (SSSR count). The molecule has 7 aromatic carbocycles. The van der Waals surface area contributed by atoms with Gasteiger partial charge in [-0.3, -0.25) is 0 Å². The van der Waals surface area contributed by atoms with Crippen molar-refractivity contribution in [1.82, 2.24) is 0 Å². The third kappa shape index (κ3) is 3.32. The lowest BCUT2D eigenvalue weighted by Gasteiger charge is -2.19. The molecule has 0 nitrogen and oxygen atoms in total. The standard InChI is InChI=1S/C34H22.B/c1-2-12-25-22-26(21-20-23(25)10-1)33-29-15-5-7-17-31(29)34(32-18-8-6-16-30(32)33)28-19-9-13-24-11-3-4-14-27(24)28;/h1-22H;. The summed E-state index contributed by atoms with van der Waals surface area (Å²) in [6, 6.07) is 48.6. The van der Waals surface area contributed by atoms with Crippen molar-refractivity contribution in [1.29, 1.82) is 0 Å². The molecule has 1 heteroatoms. The van der Waals surface area contributed by atoms with Crippen molar-refractivity contribution in [2.75, 3.05) is 0 Å². The first-order valence-electron chi connectivity index (χ1n) is 11.8. The van der Waals surface area contributed by atoms with Crippen LogP contribution < -0.4 is 0 Å². The smallest absolute Gasteiger partial charge is 0 e. The molecule has 0 atom stereocenters. The van der Waals surface area contributed by atoms with Gasteiger partial charge in [-0.1, -0.05) is 127 Å². The second-order valence-corrected chi connectivity index (χ2v) is 8.93. The van der Waals surface area contributed by atoms with Gasteiger partial charge in [0, 0.05) is 8.41 Å². The zero-order valence-corrected chi connectivity index (χ0v) is 19.3. The first kappa shape index (κ1) is 21.2. The lowest BCUT2D eigenvalue weighted by Crippen LogP contribution is -1.91. The average molecular weight is 441 g/mol. The van der Waals surface area contributed by atoms with Crippen molar-refractivity contribution in [2.24, 2.45) is 0 Å². The highest BCUT2D eigenvalue weighted by molar-refractivity contribution is 6.23. The Hall–Kier alpha value is -4.36. The summed E-state index contributed by atoms with van der Waals surface area (Å²) in [6.45, 7) is 0. The van der Waals surface area contributed by atoms with E-state index in [-0.39, 0.29) is 8.41 Å². The van der Waals surface area contributed by atoms with Crippen molar-refractivity contribution in [3.63, 3.8) is 0 Å². The predicted octanol–water partition coefficient (Wildman–Crippen LogP) is 9.25. The van der Waals surface area contributed by atoms with Crippen LogP contribution in [0.15, 0.2) is 133 Å². The van der Waals surface area contributed by atoms with Gasteiger partial charge in [-0.25, -0.2) is 0 Å². The van der Waals surface area contributed by atoms with E-state index < -0.39 is 0 Å². The maximum atomic E-state index is 2.33. The van der Waals surface area contributed by atoms with E-state index in [1.807, 2.05) is 0 Å². The normalized spacial score (nSPS) is 11.2. The molecule has 0 saturated heterocycles. The van der Waals surface area contributed by atoms with Crippen LogP contribution >= 0.6 is 0 Å². The van der Waals surface area contributed by atoms with E-state index in [1.54, 1.807) is 0 Å². The second-order valence-electron chi connectivity index (χ2n) is 8.93. The summed E-state index contributed by atoms with van der Waals surface area (Å²) in [6.07, 6.45) is 0. The summed E-state index contributed by atoms with van der Waals surface area (Å²) >= 11 is 0. The molecule has 7 aromatic rings. The van der Waals surface area contributed by atoms with Gasteiger partial charge in [-0.05, 0) is 71.4 Å². The van der Waals surface area contributed by atoms with Gasteiger partial charge in [-0.15, -0.1) is 0 Å². The van der Waals surface area contributed by atoms with Crippen molar-refractivity contribution in [3.05, 3.63) is 133 Å². The van der Waals surface area contributed by atoms with E-state index in [2.05, 4.69) is 133 Å². The summed E-state index contributed by atoms with van der Waals surface area (Å²) in [5.74, 6) is 0. The zero-order valence-electron chi connectivity index (χ0n) is 19.3. The third-order valence-corrected chi connectivity index (χ3v) is 7.03. The molecular weight excluding hydrogens is 419 g/mol. The molecule has 0 heterocycles. The van der Waals surface area contributed by atoms with Crippen LogP contribution in [0.4, 0.5) is 0 Å². The Kier molecular flexibility index (Phi) is 5.12. The van der Waals surface area contributed by atoms with Crippen molar-refractivity contribution in [2.45, 2.75) is 0 Å². The molecule has 0 aliphatic carbocycles. The van der Waals surface area contributed by atoms with Crippen LogP contribution in [0, 0.1) is 0 Å². The lowest BCUT2D eigenvalue weighted by atomic mass is 9.84. The summed E-state index contributed by atoms with van der Waals surface area (Å²) in [5.41, 5.74) is 5.17. The van der Waals surface area contributed by atoms with E-state index >= 15 is 0 Å². The van der Waals surface area contributed by atoms with Crippen LogP contribution in [0.1, 0.15) is 0 Å². The van der Waals surface area contributed by atoms with E-state index in [0.29, 0.717) is 0 Å². The highest BCUT2D eigenvalue weighted by Crippen LogP contribution is 2.45. The molecule has 0 amide bonds. The molecule has 0 fully saturated rings. The Morgan fingerprint density at radius 3 is 1.46 bits per heavy atom. The Morgan fingerprint density at radius 2 is 0.800 bits per heavy atom. The molecule has 0 aromatic heterocycles. The predicted molar refractivity (Wildman–Crippen MR) is 153 cm³/mol. The van der Waals surface area contributed by atoms with Gasteiger partial charge in [0.15, 0.2) is 0 Å². The Labute approximate surface area is 207 Å². The lowest BCUT2D eigenvalue weighted by molar-refractivity contribution is 1.68. The average Bonchev–Trinajstić information content (AvgIpc) is 2.91. The molecular formula is C34H22B. The molecule has 0 N–H and O–H groups in total. The van der Waals surface area contributed by atoms with Gasteiger partial charge in [0.25, 0.3) is 0 Å². The number of rotatable bonds is 2. The molecule has 3 radical (unpaired) electrons. The van der Waals surface area contributed by atoms with Gasteiger partial charge in [-0.2, -0.15) is 0 Å². The first-order chi connectivity index (χ1) is 16.9. The molecule has 0 unspecified atom stereocenters. The monoisotopic (exact) mass is 441 g/mol. The highest BCUT2D eigenvalue weighted by Gasteiger charge is 2.17. The van der Waals surface area contributed by atoms with E-state index in [1.165, 1.54) is 65.3 Å². The fourth-order valence-corrected chi connectivity index (χ4v) is 5.52. The fraction of sp³-hybridized carbons (Fsp3) is 0. The number of fused-ring (bicyclic) bond motifs is 4. The van der Waals surface area contributed by atoms with Gasteiger partial charge < -0.3 is 0 Å². The molecule has 0 aliphatic heterocycles. The van der Waals surface area contributed by atoms with E-state index in [4.69, 9.17) is 0 Å². The van der Waals surface area contributed by atoms with Crippen LogP contribution in [0.25, 0.3) is 65.3 Å². The third-order valence-electron chi connectivity index (χ3n) is 7.03. The number of benzene rings is 7. The number of hydrogen-bond acceptors (Lipinski definition) is 0. The summed E-state index contributed by atoms with van der Waals surface area (Å²) in [4.78, 5) is 0. The maximum absolute atomic E-state index is 2.33. The van der Waals surface area contributed by atoms with Gasteiger partial charge >= 0.3 is 0 Å². The molecule has 0 bridgehead atoms. The Bertz CT molecular complexity index is 1800. The van der Waals surface area contributed by atoms with E-state index in [9.17, 15) is 0 Å². The Balaban J connectivity index is 0.00000229. The van der Waals surface area contributed by atoms with Crippen molar-refractivity contribution in [3.8, 4) is 22.3 Å². The fourth-order valence-electron chi connectivity index (χ4n) is 5.52. The zero-order chi connectivity index (χ0) is 22.5. The van der Waals surface area contributed by atoms with Crippen molar-refractivity contribution < 1.29 is 0 Å². The minimum atomic E-state index is 0. The maximum Gasteiger partial charge on any atom is 0 e. The summed E-state index contributed by atoms with van der Waals surface area (Å²) in [7, 11) is 0. The quantitative estimate of drug-likeness (QED) is 0.185. The van der Waals surface area contributed by atoms with Crippen LogP contribution in [0.2, 0.25) is 0 Å². The van der Waals surface area contributed by atoms with E-state index in [0.717, 1.165) is 0 Å². The van der Waals surface area contributed by atoms with Crippen LogP contribution in [0.5, 0.6) is 0 Å². The van der Waals surface area contributed by atoms with Gasteiger partial charge in [0.2, 0.25) is 0 Å². The summed E-state index contributed by atoms with van der Waals surface area (Å²) < 4.78 is 0. The SMILES string of the molecule is [B].c1ccc2cc(-c3c4ccccc4c(-c4cccc5ccccc45)c4ccccc34)ccc2c1. The second kappa shape index (κ2) is 8.45. The van der Waals surface area contributed by atoms with Gasteiger partial charge in [0.05, 0.1) is 0 Å². The first-order valence-corrected chi connectivity index (χ1v) is 11.8. The van der Waals surface area contributed by atoms with Crippen LogP contribution in [0.3, 0.4) is 0 Å². The van der Waals surface area contributed by atoms with Crippen LogP contribution in [-0.2, 0) is 0 Å². The van der Waals surface area contributed by atoms with Gasteiger partial charge in [0.1, 0.15) is 0 Å². The van der Waals surface area contributed by atoms with Crippen LogP contribution in [-0.4, -0.2) is 8.41 Å². The number of hydrogen-bond donors (Lipinski definition) is 0. The topological polar surface area (TPSA) is 0 Å². The highest BCUT2D eigenvalue weighted by atomic mass is 14.2. The molecule has 0 aliphatic rings. The van der Waals surface area contributed by atoms with Crippen molar-refractivity contribution >= 4 is 51.5 Å². The molecule has 0 saturated carbocycles. The molecule has 0 spiro atoms. The molecule has 161 valence electrons. The Morgan fingerprint density at radius 1 is 0.314 bits per heavy atom. The minimum absolute atomic E-state index is 0. The summed E-state index contributed by atoms with van der Waals surface area (Å²) in [5, 5.41) is 10.3. The largest absolute Gasteiger partial charge is 0.0616 e. The molecule has 35 heavy (non-hydrogen) atoms.